The molecule has 0 fully saturated rings. The Balaban J connectivity index is 3.90. The maximum atomic E-state index is 11.1. The topological polar surface area (TPSA) is 87.9 Å². The molecule has 0 aromatic heterocycles. The number of hydrogen-bond acceptors (Lipinski definition) is 3. The molecule has 0 amide bonds. The zero-order chi connectivity index (χ0) is 11.7. The minimum atomic E-state index is 0.232. The molecule has 0 aromatic carbocycles. The highest BCUT2D eigenvalue weighted by Crippen LogP contribution is 2.05. The van der Waals surface area contributed by atoms with Gasteiger partial charge in [-0.25, -0.2) is 0 Å². The average molecular weight is 218 g/mol. The molecule has 0 aromatic rings. The minimum Gasteiger partial charge on any atom is -0.569 e. The molecule has 15 heavy (non-hydrogen) atoms. The van der Waals surface area contributed by atoms with E-state index in [9.17, 15) is 5.21 Å². The Morgan fingerprint density at radius 1 is 1.40 bits per heavy atom. The van der Waals surface area contributed by atoms with Crippen molar-refractivity contribution in [3.05, 3.63) is 5.21 Å². The lowest BCUT2D eigenvalue weighted by atomic mass is 10.1. The van der Waals surface area contributed by atoms with Gasteiger partial charge in [0.2, 0.25) is 5.28 Å². The van der Waals surface area contributed by atoms with E-state index in [2.05, 4.69) is 19.1 Å². The summed E-state index contributed by atoms with van der Waals surface area (Å²) < 4.78 is 0. The lowest BCUT2D eigenvalue weighted by molar-refractivity contribution is -0.709. The van der Waals surface area contributed by atoms with E-state index in [1.165, 1.54) is 5.01 Å². The van der Waals surface area contributed by atoms with Gasteiger partial charge in [-0.1, -0.05) is 13.8 Å². The molecule has 6 heteroatoms. The molecular formula is C9H22N4O2. The Labute approximate surface area is 90.9 Å². The summed E-state index contributed by atoms with van der Waals surface area (Å²) in [5.41, 5.74) is 5.35. The monoisotopic (exact) mass is 218 g/mol. The highest BCUT2D eigenvalue weighted by molar-refractivity contribution is 4.51. The van der Waals surface area contributed by atoms with Gasteiger partial charge in [0, 0.05) is 0 Å². The molecule has 0 saturated heterocycles. The van der Waals surface area contributed by atoms with Crippen LogP contribution in [0.4, 0.5) is 0 Å². The van der Waals surface area contributed by atoms with Crippen LogP contribution in [0.2, 0.25) is 0 Å². The van der Waals surface area contributed by atoms with E-state index in [-0.39, 0.29) is 4.97 Å². The normalized spacial score (nSPS) is 12.1. The molecule has 0 atom stereocenters. The largest absolute Gasteiger partial charge is 0.569 e. The van der Waals surface area contributed by atoms with Crippen molar-refractivity contribution in [2.24, 2.45) is 16.9 Å². The summed E-state index contributed by atoms with van der Waals surface area (Å²) in [6, 6.07) is 0. The molecule has 0 heterocycles. The molecular weight excluding hydrogens is 196 g/mol. The molecule has 6 nitrogen and oxygen atoms in total. The van der Waals surface area contributed by atoms with Gasteiger partial charge >= 0.3 is 0 Å². The van der Waals surface area contributed by atoms with Crippen LogP contribution >= 0.6 is 0 Å². The molecule has 0 rings (SSSR count). The first-order valence-corrected chi connectivity index (χ1v) is 5.39. The Morgan fingerprint density at radius 3 is 2.47 bits per heavy atom. The summed E-state index contributed by atoms with van der Waals surface area (Å²) in [6.07, 6.45) is 2.69. The SMILES string of the molecule is CC(C)CCCN(CCCN)/[N+]([O-])=N/O. The van der Waals surface area contributed by atoms with Crippen molar-refractivity contribution in [3.63, 3.8) is 0 Å². The van der Waals surface area contributed by atoms with Crippen LogP contribution < -0.4 is 5.73 Å². The average Bonchev–Trinajstić information content (AvgIpc) is 2.21. The molecule has 0 aliphatic heterocycles. The first-order valence-electron chi connectivity index (χ1n) is 5.39. The van der Waals surface area contributed by atoms with E-state index in [1.807, 2.05) is 0 Å². The van der Waals surface area contributed by atoms with Crippen molar-refractivity contribution < 1.29 is 10.2 Å². The predicted molar refractivity (Wildman–Crippen MR) is 57.2 cm³/mol. The van der Waals surface area contributed by atoms with Crippen molar-refractivity contribution in [1.82, 2.24) is 5.01 Å². The number of rotatable bonds is 8. The summed E-state index contributed by atoms with van der Waals surface area (Å²) in [5, 5.41) is 23.5. The maximum Gasteiger partial charge on any atom is 0.230 e. The van der Waals surface area contributed by atoms with Gasteiger partial charge in [-0.2, -0.15) is 0 Å². The van der Waals surface area contributed by atoms with Gasteiger partial charge in [0.1, 0.15) is 0 Å². The Hall–Kier alpha value is -1.04. The molecule has 0 saturated carbocycles. The second-order valence-electron chi connectivity index (χ2n) is 3.97. The van der Waals surface area contributed by atoms with E-state index in [1.54, 1.807) is 0 Å². The standard InChI is InChI=1S/C9H22N4O2/c1-9(2)5-3-7-12(8-4-6-10)13(15)11-14/h9,14H,3-8,10H2,1-2H3/b13-11-. The lowest BCUT2D eigenvalue weighted by Crippen LogP contribution is -2.33. The first kappa shape index (κ1) is 14.0. The molecule has 0 unspecified atom stereocenters. The quantitative estimate of drug-likeness (QED) is 0.365. The fourth-order valence-electron chi connectivity index (χ4n) is 1.30. The maximum absolute atomic E-state index is 11.1. The van der Waals surface area contributed by atoms with E-state index in [4.69, 9.17) is 10.9 Å². The number of hydrogen-bond donors (Lipinski definition) is 2. The highest BCUT2D eigenvalue weighted by atomic mass is 16.6. The summed E-state index contributed by atoms with van der Waals surface area (Å²) in [7, 11) is 0. The van der Waals surface area contributed by atoms with Crippen molar-refractivity contribution in [1.29, 1.82) is 0 Å². The van der Waals surface area contributed by atoms with Crippen LogP contribution in [0.1, 0.15) is 33.1 Å². The van der Waals surface area contributed by atoms with Crippen LogP contribution in [0.5, 0.6) is 0 Å². The Bertz CT molecular complexity index is 185. The summed E-state index contributed by atoms with van der Waals surface area (Å²) in [4.78, 5) is 0.232. The zero-order valence-corrected chi connectivity index (χ0v) is 9.59. The number of nitrogens with two attached hydrogens (primary N) is 1. The summed E-state index contributed by atoms with van der Waals surface area (Å²) in [5.74, 6) is 0.618. The van der Waals surface area contributed by atoms with Gasteiger partial charge in [-0.05, 0) is 31.7 Å². The summed E-state index contributed by atoms with van der Waals surface area (Å²) >= 11 is 0. The van der Waals surface area contributed by atoms with E-state index in [0.29, 0.717) is 25.6 Å². The molecule has 0 aliphatic rings. The molecule has 0 bridgehead atoms. The van der Waals surface area contributed by atoms with Crippen molar-refractivity contribution in [2.45, 2.75) is 33.1 Å². The minimum absolute atomic E-state index is 0.232. The van der Waals surface area contributed by atoms with Crippen LogP contribution in [0, 0.1) is 11.1 Å². The van der Waals surface area contributed by atoms with Crippen molar-refractivity contribution in [3.8, 4) is 0 Å². The summed E-state index contributed by atoms with van der Waals surface area (Å²) in [6.45, 7) is 5.93. The van der Waals surface area contributed by atoms with Gasteiger partial charge in [0.15, 0.2) is 0 Å². The van der Waals surface area contributed by atoms with Gasteiger partial charge in [0.25, 0.3) is 0 Å². The molecule has 90 valence electrons. The van der Waals surface area contributed by atoms with Crippen molar-refractivity contribution >= 4 is 0 Å². The van der Waals surface area contributed by atoms with Gasteiger partial charge in [-0.3, -0.25) is 0 Å². The van der Waals surface area contributed by atoms with Gasteiger partial charge in [-0.15, -0.1) is 5.01 Å². The van der Waals surface area contributed by atoms with Crippen LogP contribution in [0.3, 0.4) is 0 Å². The number of nitrogens with zero attached hydrogens (tertiary/aromatic N) is 3. The highest BCUT2D eigenvalue weighted by Gasteiger charge is 2.11. The fraction of sp³-hybridized carbons (Fsp3) is 1.00. The Morgan fingerprint density at radius 2 is 2.00 bits per heavy atom. The van der Waals surface area contributed by atoms with E-state index < -0.39 is 0 Å². The van der Waals surface area contributed by atoms with Gasteiger partial charge < -0.3 is 16.1 Å². The molecule has 0 aliphatic carbocycles. The first-order chi connectivity index (χ1) is 7.11. The third kappa shape index (κ3) is 6.96. The van der Waals surface area contributed by atoms with Crippen LogP contribution in [-0.2, 0) is 0 Å². The smallest absolute Gasteiger partial charge is 0.230 e. The van der Waals surface area contributed by atoms with E-state index >= 15 is 0 Å². The molecule has 0 spiro atoms. The third-order valence-electron chi connectivity index (χ3n) is 2.14. The van der Waals surface area contributed by atoms with Gasteiger partial charge in [0.05, 0.1) is 18.1 Å². The Kier molecular flexibility index (Phi) is 7.71. The third-order valence-corrected chi connectivity index (χ3v) is 2.14. The lowest BCUT2D eigenvalue weighted by Gasteiger charge is -2.17. The van der Waals surface area contributed by atoms with Crippen molar-refractivity contribution in [2.75, 3.05) is 19.6 Å². The fourth-order valence-corrected chi connectivity index (χ4v) is 1.30. The predicted octanol–water partition coefficient (Wildman–Crippen LogP) is 1.34. The molecule has 3 N–H and O–H groups in total. The number of hydrazine groups is 1. The zero-order valence-electron chi connectivity index (χ0n) is 9.59. The second-order valence-corrected chi connectivity index (χ2v) is 3.97. The van der Waals surface area contributed by atoms with Crippen LogP contribution in [0.15, 0.2) is 5.28 Å². The molecule has 0 radical (unpaired) electrons. The second kappa shape index (κ2) is 8.28. The van der Waals surface area contributed by atoms with Crippen LogP contribution in [-0.4, -0.2) is 34.8 Å². The van der Waals surface area contributed by atoms with Crippen LogP contribution in [0.25, 0.3) is 0 Å². The van der Waals surface area contributed by atoms with E-state index in [0.717, 1.165) is 19.3 Å².